The molecule has 0 aliphatic carbocycles. The third-order valence-corrected chi connectivity index (χ3v) is 3.87. The van der Waals surface area contributed by atoms with Gasteiger partial charge in [-0.2, -0.15) is 0 Å². The second kappa shape index (κ2) is 4.81. The lowest BCUT2D eigenvalue weighted by atomic mass is 9.83. The molecular formula is C16H25N. The highest BCUT2D eigenvalue weighted by Gasteiger charge is 2.20. The molecule has 1 aliphatic heterocycles. The number of piperidine rings is 1. The van der Waals surface area contributed by atoms with E-state index >= 15 is 0 Å². The van der Waals surface area contributed by atoms with Gasteiger partial charge in [0, 0.05) is 6.04 Å². The third kappa shape index (κ3) is 3.10. The summed E-state index contributed by atoms with van der Waals surface area (Å²) >= 11 is 0. The maximum absolute atomic E-state index is 3.52. The first-order valence-corrected chi connectivity index (χ1v) is 6.80. The number of benzene rings is 1. The van der Waals surface area contributed by atoms with E-state index in [1.165, 1.54) is 24.0 Å². The number of hydrogen-bond donors (Lipinski definition) is 1. The Labute approximate surface area is 106 Å². The van der Waals surface area contributed by atoms with Gasteiger partial charge in [-0.05, 0) is 48.8 Å². The molecule has 2 atom stereocenters. The first kappa shape index (κ1) is 12.6. The molecular weight excluding hydrogens is 206 g/mol. The van der Waals surface area contributed by atoms with Gasteiger partial charge >= 0.3 is 0 Å². The molecule has 0 saturated carbocycles. The minimum absolute atomic E-state index is 0.264. The molecule has 0 radical (unpaired) electrons. The first-order chi connectivity index (χ1) is 7.97. The molecule has 1 saturated heterocycles. The molecule has 17 heavy (non-hydrogen) atoms. The SMILES string of the molecule is CC1CC(c2ccc(C(C)(C)C)cc2)CCN1. The normalized spacial score (nSPS) is 25.9. The van der Waals surface area contributed by atoms with Crippen LogP contribution >= 0.6 is 0 Å². The van der Waals surface area contributed by atoms with Gasteiger partial charge in [-0.3, -0.25) is 0 Å². The highest BCUT2D eigenvalue weighted by atomic mass is 14.9. The average Bonchev–Trinajstić information content (AvgIpc) is 2.28. The largest absolute Gasteiger partial charge is 0.314 e. The van der Waals surface area contributed by atoms with Crippen LogP contribution in [0.5, 0.6) is 0 Å². The van der Waals surface area contributed by atoms with Crippen molar-refractivity contribution in [2.75, 3.05) is 6.54 Å². The smallest absolute Gasteiger partial charge is 0.00445 e. The van der Waals surface area contributed by atoms with Gasteiger partial charge in [0.05, 0.1) is 0 Å². The van der Waals surface area contributed by atoms with Crippen LogP contribution in [0.15, 0.2) is 24.3 Å². The van der Waals surface area contributed by atoms with Crippen LogP contribution in [-0.2, 0) is 5.41 Å². The van der Waals surface area contributed by atoms with E-state index in [2.05, 4.69) is 57.3 Å². The minimum Gasteiger partial charge on any atom is -0.314 e. The zero-order chi connectivity index (χ0) is 12.5. The predicted octanol–water partition coefficient (Wildman–Crippen LogP) is 3.84. The number of nitrogens with one attached hydrogen (secondary N) is 1. The molecule has 0 spiro atoms. The van der Waals surface area contributed by atoms with Crippen LogP contribution in [0, 0.1) is 0 Å². The van der Waals surface area contributed by atoms with Crippen molar-refractivity contribution in [2.24, 2.45) is 0 Å². The van der Waals surface area contributed by atoms with Gasteiger partial charge in [0.1, 0.15) is 0 Å². The Balaban J connectivity index is 2.12. The van der Waals surface area contributed by atoms with Crippen LogP contribution in [0.2, 0.25) is 0 Å². The summed E-state index contributed by atoms with van der Waals surface area (Å²) in [7, 11) is 0. The van der Waals surface area contributed by atoms with E-state index in [0.717, 1.165) is 12.5 Å². The van der Waals surface area contributed by atoms with Crippen LogP contribution in [0.25, 0.3) is 0 Å². The molecule has 1 fully saturated rings. The summed E-state index contributed by atoms with van der Waals surface area (Å²) in [6.07, 6.45) is 2.55. The summed E-state index contributed by atoms with van der Waals surface area (Å²) in [5.74, 6) is 0.750. The second-order valence-electron chi connectivity index (χ2n) is 6.45. The Kier molecular flexibility index (Phi) is 3.58. The maximum atomic E-state index is 3.52. The van der Waals surface area contributed by atoms with E-state index in [0.29, 0.717) is 6.04 Å². The van der Waals surface area contributed by atoms with Crippen molar-refractivity contribution < 1.29 is 0 Å². The van der Waals surface area contributed by atoms with E-state index in [4.69, 9.17) is 0 Å². The van der Waals surface area contributed by atoms with E-state index in [-0.39, 0.29) is 5.41 Å². The molecule has 2 unspecified atom stereocenters. The summed E-state index contributed by atoms with van der Waals surface area (Å²) in [6.45, 7) is 10.3. The Morgan fingerprint density at radius 2 is 1.76 bits per heavy atom. The molecule has 1 nitrogen and oxygen atoms in total. The zero-order valence-electron chi connectivity index (χ0n) is 11.6. The van der Waals surface area contributed by atoms with Gasteiger partial charge < -0.3 is 5.32 Å². The predicted molar refractivity (Wildman–Crippen MR) is 74.6 cm³/mol. The Morgan fingerprint density at radius 1 is 1.12 bits per heavy atom. The Morgan fingerprint density at radius 3 is 2.29 bits per heavy atom. The number of rotatable bonds is 1. The molecule has 1 N–H and O–H groups in total. The highest BCUT2D eigenvalue weighted by molar-refractivity contribution is 5.29. The second-order valence-corrected chi connectivity index (χ2v) is 6.45. The summed E-state index contributed by atoms with van der Waals surface area (Å²) in [4.78, 5) is 0. The molecule has 0 bridgehead atoms. The van der Waals surface area contributed by atoms with Crippen molar-refractivity contribution in [1.29, 1.82) is 0 Å². The van der Waals surface area contributed by atoms with E-state index < -0.39 is 0 Å². The fourth-order valence-electron chi connectivity index (χ4n) is 2.69. The maximum Gasteiger partial charge on any atom is 0.00445 e. The van der Waals surface area contributed by atoms with Gasteiger partial charge in [0.2, 0.25) is 0 Å². The molecule has 0 aromatic heterocycles. The topological polar surface area (TPSA) is 12.0 Å². The minimum atomic E-state index is 0.264. The monoisotopic (exact) mass is 231 g/mol. The van der Waals surface area contributed by atoms with Crippen molar-refractivity contribution in [3.63, 3.8) is 0 Å². The fraction of sp³-hybridized carbons (Fsp3) is 0.625. The number of hydrogen-bond acceptors (Lipinski definition) is 1. The van der Waals surface area contributed by atoms with E-state index in [1.54, 1.807) is 0 Å². The van der Waals surface area contributed by atoms with Crippen LogP contribution in [-0.4, -0.2) is 12.6 Å². The highest BCUT2D eigenvalue weighted by Crippen LogP contribution is 2.29. The summed E-state index contributed by atoms with van der Waals surface area (Å²) in [6, 6.07) is 9.95. The van der Waals surface area contributed by atoms with E-state index in [1.807, 2.05) is 0 Å². The molecule has 1 aromatic carbocycles. The first-order valence-electron chi connectivity index (χ1n) is 6.80. The van der Waals surface area contributed by atoms with Crippen LogP contribution < -0.4 is 5.32 Å². The van der Waals surface area contributed by atoms with Gasteiger partial charge in [-0.25, -0.2) is 0 Å². The molecule has 1 aromatic rings. The van der Waals surface area contributed by atoms with Crippen LogP contribution in [0.3, 0.4) is 0 Å². The lowest BCUT2D eigenvalue weighted by Gasteiger charge is -2.29. The zero-order valence-corrected chi connectivity index (χ0v) is 11.6. The van der Waals surface area contributed by atoms with Gasteiger partial charge in [-0.15, -0.1) is 0 Å². The molecule has 1 aliphatic rings. The standard InChI is InChI=1S/C16H25N/c1-12-11-14(9-10-17-12)13-5-7-15(8-6-13)16(2,3)4/h5-8,12,14,17H,9-11H2,1-4H3. The van der Waals surface area contributed by atoms with Crippen molar-refractivity contribution in [3.05, 3.63) is 35.4 Å². The lowest BCUT2D eigenvalue weighted by Crippen LogP contribution is -2.34. The van der Waals surface area contributed by atoms with Gasteiger partial charge in [0.15, 0.2) is 0 Å². The molecule has 1 heterocycles. The third-order valence-electron chi connectivity index (χ3n) is 3.87. The lowest BCUT2D eigenvalue weighted by molar-refractivity contribution is 0.381. The Bertz CT molecular complexity index is 358. The Hall–Kier alpha value is -0.820. The van der Waals surface area contributed by atoms with Crippen molar-refractivity contribution >= 4 is 0 Å². The van der Waals surface area contributed by atoms with Gasteiger partial charge in [-0.1, -0.05) is 45.0 Å². The van der Waals surface area contributed by atoms with Crippen molar-refractivity contribution in [3.8, 4) is 0 Å². The van der Waals surface area contributed by atoms with Gasteiger partial charge in [0.25, 0.3) is 0 Å². The van der Waals surface area contributed by atoms with Crippen molar-refractivity contribution in [2.45, 2.75) is 57.9 Å². The van der Waals surface area contributed by atoms with E-state index in [9.17, 15) is 0 Å². The molecule has 1 heteroatoms. The fourth-order valence-corrected chi connectivity index (χ4v) is 2.69. The summed E-state index contributed by atoms with van der Waals surface area (Å²) < 4.78 is 0. The van der Waals surface area contributed by atoms with Crippen LogP contribution in [0.1, 0.15) is 57.6 Å². The summed E-state index contributed by atoms with van der Waals surface area (Å²) in [5.41, 5.74) is 3.22. The van der Waals surface area contributed by atoms with Crippen molar-refractivity contribution in [1.82, 2.24) is 5.32 Å². The van der Waals surface area contributed by atoms with Crippen LogP contribution in [0.4, 0.5) is 0 Å². The molecule has 2 rings (SSSR count). The molecule has 0 amide bonds. The molecule has 94 valence electrons. The average molecular weight is 231 g/mol. The quantitative estimate of drug-likeness (QED) is 0.774. The summed E-state index contributed by atoms with van der Waals surface area (Å²) in [5, 5.41) is 3.52.